The van der Waals surface area contributed by atoms with Crippen LogP contribution in [0.1, 0.15) is 17.2 Å². The number of nitro benzene ring substituents is 1. The summed E-state index contributed by atoms with van der Waals surface area (Å²) in [6.45, 7) is 0.266. The Bertz CT molecular complexity index is 828. The molecule has 0 amide bonds. The molecular formula is C15H9BrClFN2O3. The van der Waals surface area contributed by atoms with Crippen LogP contribution in [0.15, 0.2) is 45.9 Å². The molecule has 23 heavy (non-hydrogen) atoms. The highest BCUT2D eigenvalue weighted by atomic mass is 79.9. The van der Waals surface area contributed by atoms with E-state index in [4.69, 9.17) is 16.3 Å². The van der Waals surface area contributed by atoms with E-state index in [-0.39, 0.29) is 18.5 Å². The van der Waals surface area contributed by atoms with Crippen molar-refractivity contribution in [1.29, 1.82) is 0 Å². The van der Waals surface area contributed by atoms with Crippen LogP contribution in [0.2, 0.25) is 5.02 Å². The molecular weight excluding hydrogens is 391 g/mol. The minimum Gasteiger partial charge on any atom is -0.475 e. The van der Waals surface area contributed by atoms with Gasteiger partial charge in [-0.1, -0.05) is 33.6 Å². The zero-order chi connectivity index (χ0) is 16.6. The third-order valence-corrected chi connectivity index (χ3v) is 4.18. The summed E-state index contributed by atoms with van der Waals surface area (Å²) < 4.78 is 19.7. The third-order valence-electron chi connectivity index (χ3n) is 3.36. The van der Waals surface area contributed by atoms with Gasteiger partial charge in [-0.15, -0.1) is 0 Å². The van der Waals surface area contributed by atoms with Crippen LogP contribution in [-0.2, 0) is 4.74 Å². The highest BCUT2D eigenvalue weighted by Gasteiger charge is 2.25. The first-order chi connectivity index (χ1) is 11.0. The normalized spacial score (nSPS) is 16.8. The number of hydrogen-bond donors (Lipinski definition) is 0. The third kappa shape index (κ3) is 3.20. The molecule has 2 aromatic rings. The van der Waals surface area contributed by atoms with Crippen molar-refractivity contribution in [3.8, 4) is 0 Å². The second kappa shape index (κ2) is 6.25. The number of rotatable bonds is 3. The van der Waals surface area contributed by atoms with Crippen molar-refractivity contribution in [3.05, 3.63) is 73.0 Å². The first-order valence-electron chi connectivity index (χ1n) is 6.55. The molecule has 1 heterocycles. The van der Waals surface area contributed by atoms with E-state index in [2.05, 4.69) is 20.9 Å². The average molecular weight is 400 g/mol. The minimum absolute atomic E-state index is 0.233. The molecule has 0 aliphatic carbocycles. The molecule has 3 rings (SSSR count). The summed E-state index contributed by atoms with van der Waals surface area (Å²) in [7, 11) is 0. The molecule has 1 unspecified atom stereocenters. The fourth-order valence-corrected chi connectivity index (χ4v) is 3.05. The highest BCUT2D eigenvalue weighted by Crippen LogP contribution is 2.32. The minimum atomic E-state index is -0.898. The van der Waals surface area contributed by atoms with E-state index < -0.39 is 16.4 Å². The monoisotopic (exact) mass is 398 g/mol. The van der Waals surface area contributed by atoms with Gasteiger partial charge in [0, 0.05) is 21.1 Å². The number of aliphatic imine (C=N–C) groups is 1. The van der Waals surface area contributed by atoms with Crippen LogP contribution in [0, 0.1) is 15.9 Å². The lowest BCUT2D eigenvalue weighted by Crippen LogP contribution is -2.03. The highest BCUT2D eigenvalue weighted by molar-refractivity contribution is 9.10. The summed E-state index contributed by atoms with van der Waals surface area (Å²) >= 11 is 9.53. The van der Waals surface area contributed by atoms with Gasteiger partial charge in [0.25, 0.3) is 0 Å². The van der Waals surface area contributed by atoms with Gasteiger partial charge in [-0.25, -0.2) is 4.99 Å². The van der Waals surface area contributed by atoms with Crippen LogP contribution in [0.4, 0.5) is 10.1 Å². The molecule has 1 atom stereocenters. The summed E-state index contributed by atoms with van der Waals surface area (Å²) in [4.78, 5) is 14.4. The molecule has 1 aliphatic rings. The zero-order valence-electron chi connectivity index (χ0n) is 11.5. The maximum absolute atomic E-state index is 13.4. The summed E-state index contributed by atoms with van der Waals surface area (Å²) in [5, 5.41) is 11.4. The second-order valence-electron chi connectivity index (χ2n) is 4.85. The van der Waals surface area contributed by atoms with Gasteiger partial charge in [0.05, 0.1) is 4.92 Å². The van der Waals surface area contributed by atoms with Gasteiger partial charge in [-0.2, -0.15) is 4.39 Å². The van der Waals surface area contributed by atoms with Gasteiger partial charge in [0.1, 0.15) is 12.6 Å². The van der Waals surface area contributed by atoms with Crippen molar-refractivity contribution in [1.82, 2.24) is 0 Å². The molecule has 5 nitrogen and oxygen atoms in total. The molecule has 1 aliphatic heterocycles. The van der Waals surface area contributed by atoms with E-state index in [1.165, 1.54) is 6.07 Å². The Morgan fingerprint density at radius 1 is 1.35 bits per heavy atom. The summed E-state index contributed by atoms with van der Waals surface area (Å²) in [5.74, 6) is -0.665. The first-order valence-corrected chi connectivity index (χ1v) is 7.72. The van der Waals surface area contributed by atoms with Crippen molar-refractivity contribution in [2.24, 2.45) is 4.99 Å². The number of benzene rings is 2. The Hall–Kier alpha value is -1.99. The van der Waals surface area contributed by atoms with E-state index in [1.807, 2.05) is 12.1 Å². The van der Waals surface area contributed by atoms with Crippen molar-refractivity contribution < 1.29 is 14.1 Å². The lowest BCUT2D eigenvalue weighted by atomic mass is 10.1. The number of ether oxygens (including phenoxy) is 1. The van der Waals surface area contributed by atoms with E-state index in [9.17, 15) is 14.5 Å². The predicted octanol–water partition coefficient (Wildman–Crippen LogP) is 4.67. The van der Waals surface area contributed by atoms with E-state index in [0.29, 0.717) is 10.6 Å². The molecule has 0 radical (unpaired) electrons. The van der Waals surface area contributed by atoms with Crippen LogP contribution < -0.4 is 0 Å². The molecule has 0 aromatic heterocycles. The van der Waals surface area contributed by atoms with Gasteiger partial charge in [-0.3, -0.25) is 10.1 Å². The second-order valence-corrected chi connectivity index (χ2v) is 6.17. The number of halogens is 3. The summed E-state index contributed by atoms with van der Waals surface area (Å²) in [6.07, 6.45) is 0. The molecule has 0 saturated carbocycles. The largest absolute Gasteiger partial charge is 0.475 e. The fraction of sp³-hybridized carbons (Fsp3) is 0.133. The molecule has 0 bridgehead atoms. The number of nitrogens with zero attached hydrogens (tertiary/aromatic N) is 2. The Kier molecular flexibility index (Phi) is 4.32. The van der Waals surface area contributed by atoms with Crippen LogP contribution in [0.5, 0.6) is 0 Å². The zero-order valence-corrected chi connectivity index (χ0v) is 13.8. The van der Waals surface area contributed by atoms with E-state index >= 15 is 0 Å². The maximum atomic E-state index is 13.4. The quantitative estimate of drug-likeness (QED) is 0.556. The molecule has 0 saturated heterocycles. The van der Waals surface area contributed by atoms with Gasteiger partial charge < -0.3 is 4.74 Å². The van der Waals surface area contributed by atoms with Crippen LogP contribution in [-0.4, -0.2) is 17.4 Å². The summed E-state index contributed by atoms with van der Waals surface area (Å²) in [5.41, 5.74) is 0.536. The fourth-order valence-electron chi connectivity index (χ4n) is 2.25. The predicted molar refractivity (Wildman–Crippen MR) is 87.4 cm³/mol. The SMILES string of the molecule is O=[N+]([O-])c1cc(C2=NC(c3ccc(Br)cc3Cl)CO2)ccc1F. The van der Waals surface area contributed by atoms with E-state index in [0.717, 1.165) is 22.2 Å². The van der Waals surface area contributed by atoms with Crippen molar-refractivity contribution in [2.45, 2.75) is 6.04 Å². The van der Waals surface area contributed by atoms with E-state index in [1.54, 1.807) is 6.07 Å². The van der Waals surface area contributed by atoms with Gasteiger partial charge >= 0.3 is 5.69 Å². The molecule has 8 heteroatoms. The van der Waals surface area contributed by atoms with Crippen LogP contribution in [0.25, 0.3) is 0 Å². The number of hydrogen-bond acceptors (Lipinski definition) is 4. The molecule has 2 aromatic carbocycles. The Labute approximate surface area is 144 Å². The standard InChI is InChI=1S/C15H9BrClFN2O3/c16-9-2-3-10(11(17)6-9)13-7-23-15(19-13)8-1-4-12(18)14(5-8)20(21)22/h1-6,13H,7H2. The molecule has 118 valence electrons. The summed E-state index contributed by atoms with van der Waals surface area (Å²) in [6, 6.07) is 8.66. The Balaban J connectivity index is 1.93. The van der Waals surface area contributed by atoms with Crippen LogP contribution in [0.3, 0.4) is 0 Å². The smallest absolute Gasteiger partial charge is 0.305 e. The van der Waals surface area contributed by atoms with Crippen molar-refractivity contribution >= 4 is 39.1 Å². The molecule has 0 fully saturated rings. The van der Waals surface area contributed by atoms with Gasteiger partial charge in [-0.05, 0) is 29.8 Å². The topological polar surface area (TPSA) is 64.7 Å². The van der Waals surface area contributed by atoms with Crippen LogP contribution >= 0.6 is 27.5 Å². The lowest BCUT2D eigenvalue weighted by molar-refractivity contribution is -0.387. The van der Waals surface area contributed by atoms with Gasteiger partial charge in [0.2, 0.25) is 11.7 Å². The molecule has 0 N–H and O–H groups in total. The van der Waals surface area contributed by atoms with Crippen molar-refractivity contribution in [3.63, 3.8) is 0 Å². The first kappa shape index (κ1) is 15.9. The Morgan fingerprint density at radius 3 is 2.83 bits per heavy atom. The van der Waals surface area contributed by atoms with Crippen molar-refractivity contribution in [2.75, 3.05) is 6.61 Å². The Morgan fingerprint density at radius 2 is 2.13 bits per heavy atom. The average Bonchev–Trinajstić information content (AvgIpc) is 2.97. The maximum Gasteiger partial charge on any atom is 0.305 e. The molecule has 0 spiro atoms. The lowest BCUT2D eigenvalue weighted by Gasteiger charge is -2.07. The van der Waals surface area contributed by atoms with Gasteiger partial charge in [0.15, 0.2) is 0 Å². The number of nitro groups is 1.